The zero-order valence-electron chi connectivity index (χ0n) is 7.60. The van der Waals surface area contributed by atoms with Gasteiger partial charge < -0.3 is 0 Å². The second-order valence-corrected chi connectivity index (χ2v) is 8.49. The molecule has 0 aromatic rings. The van der Waals surface area contributed by atoms with Crippen LogP contribution < -0.4 is 0 Å². The lowest BCUT2D eigenvalue weighted by molar-refractivity contribution is 1.38. The zero-order chi connectivity index (χ0) is 8.51. The van der Waals surface area contributed by atoms with E-state index in [2.05, 4.69) is 37.2 Å². The zero-order valence-corrected chi connectivity index (χ0v) is 8.60. The van der Waals surface area contributed by atoms with Crippen molar-refractivity contribution in [3.05, 3.63) is 33.8 Å². The Kier molecular flexibility index (Phi) is 0.864. The number of aliphatic imine (C=N–C) groups is 1. The van der Waals surface area contributed by atoms with E-state index in [-0.39, 0.29) is 0 Å². The molecule has 2 heterocycles. The van der Waals surface area contributed by atoms with Gasteiger partial charge in [0.25, 0.3) is 0 Å². The van der Waals surface area contributed by atoms with Gasteiger partial charge in [0, 0.05) is 11.3 Å². The van der Waals surface area contributed by atoms with Gasteiger partial charge in [0.2, 0.25) is 0 Å². The lowest BCUT2D eigenvalue weighted by atomic mass is 10.2. The van der Waals surface area contributed by atoms with Crippen molar-refractivity contribution in [2.75, 3.05) is 0 Å². The fourth-order valence-electron chi connectivity index (χ4n) is 2.60. The van der Waals surface area contributed by atoms with E-state index in [4.69, 9.17) is 0 Å². The van der Waals surface area contributed by atoms with E-state index in [1.54, 1.807) is 10.4 Å². The van der Waals surface area contributed by atoms with Crippen LogP contribution in [0.25, 0.3) is 0 Å². The van der Waals surface area contributed by atoms with Crippen molar-refractivity contribution in [3.63, 3.8) is 0 Å². The maximum atomic E-state index is 4.56. The topological polar surface area (TPSA) is 12.4 Å². The van der Waals surface area contributed by atoms with Crippen LogP contribution in [0.15, 0.2) is 38.8 Å². The summed E-state index contributed by atoms with van der Waals surface area (Å²) in [6, 6.07) is 0. The molecule has 1 nitrogen and oxygen atoms in total. The molecule has 0 saturated carbocycles. The predicted molar refractivity (Wildman–Crippen MR) is 53.8 cm³/mol. The monoisotopic (exact) mass is 173 g/mol. The van der Waals surface area contributed by atoms with Gasteiger partial charge >= 0.3 is 0 Å². The summed E-state index contributed by atoms with van der Waals surface area (Å²) >= 11 is 0. The van der Waals surface area contributed by atoms with Gasteiger partial charge in [-0.2, -0.15) is 0 Å². The minimum atomic E-state index is -1.17. The van der Waals surface area contributed by atoms with E-state index in [1.807, 2.05) is 0 Å². The molecule has 12 heavy (non-hydrogen) atoms. The molecule has 0 unspecified atom stereocenters. The first-order valence-electron chi connectivity index (χ1n) is 4.36. The first-order valence-corrected chi connectivity index (χ1v) is 7.36. The lowest BCUT2D eigenvalue weighted by Crippen LogP contribution is -2.43. The van der Waals surface area contributed by atoms with Crippen molar-refractivity contribution < 1.29 is 0 Å². The number of hydrogen-bond acceptors (Lipinski definition) is 1. The van der Waals surface area contributed by atoms with Crippen molar-refractivity contribution in [2.45, 2.75) is 20.0 Å². The first-order chi connectivity index (χ1) is 5.62. The normalized spacial score (nSPS) is 27.8. The van der Waals surface area contributed by atoms with Gasteiger partial charge in [0.05, 0.1) is 5.70 Å². The van der Waals surface area contributed by atoms with E-state index in [9.17, 15) is 0 Å². The molecule has 0 bridgehead atoms. The summed E-state index contributed by atoms with van der Waals surface area (Å²) in [6.07, 6.45) is 4.44. The number of hydrogen-bond donors (Lipinski definition) is 0. The van der Waals surface area contributed by atoms with Crippen LogP contribution in [-0.2, 0) is 0 Å². The second-order valence-electron chi connectivity index (χ2n) is 4.20. The van der Waals surface area contributed by atoms with E-state index in [0.717, 1.165) is 0 Å². The third-order valence-electron chi connectivity index (χ3n) is 3.13. The Morgan fingerprint density at radius 2 is 2.00 bits per heavy atom. The standard InChI is InChI=1S/C10H11NSi/c1-6-10-9-7(11-6)4-5-8(9)12(10,2)3/h4-5H,1-3H3. The van der Waals surface area contributed by atoms with Crippen molar-refractivity contribution in [1.82, 2.24) is 0 Å². The minimum Gasteiger partial charge on any atom is -0.253 e. The molecule has 0 spiro atoms. The summed E-state index contributed by atoms with van der Waals surface area (Å²) in [5, 5.41) is 3.23. The molecule has 3 rings (SSSR count). The van der Waals surface area contributed by atoms with E-state index in [1.165, 1.54) is 17.0 Å². The fraction of sp³-hybridized carbons (Fsp3) is 0.300. The van der Waals surface area contributed by atoms with Crippen LogP contribution in [-0.4, -0.2) is 13.8 Å². The summed E-state index contributed by atoms with van der Waals surface area (Å²) < 4.78 is 0. The van der Waals surface area contributed by atoms with Crippen LogP contribution in [0.3, 0.4) is 0 Å². The molecule has 2 heteroatoms. The summed E-state index contributed by atoms with van der Waals surface area (Å²) in [5.41, 5.74) is 4.00. The highest BCUT2D eigenvalue weighted by Crippen LogP contribution is 2.52. The Morgan fingerprint density at radius 1 is 1.25 bits per heavy atom. The summed E-state index contributed by atoms with van der Waals surface area (Å²) in [6.45, 7) is 6.98. The molecular weight excluding hydrogens is 162 g/mol. The molecule has 3 aliphatic rings. The van der Waals surface area contributed by atoms with Gasteiger partial charge in [0.15, 0.2) is 0 Å². The van der Waals surface area contributed by atoms with Crippen LogP contribution in [0, 0.1) is 0 Å². The average Bonchev–Trinajstić information content (AvgIpc) is 2.39. The van der Waals surface area contributed by atoms with Crippen molar-refractivity contribution in [3.8, 4) is 0 Å². The molecule has 0 amide bonds. The van der Waals surface area contributed by atoms with Crippen molar-refractivity contribution >= 4 is 13.8 Å². The molecule has 60 valence electrons. The predicted octanol–water partition coefficient (Wildman–Crippen LogP) is 2.38. The van der Waals surface area contributed by atoms with Gasteiger partial charge in [-0.3, -0.25) is 4.99 Å². The Balaban J connectivity index is 2.34. The van der Waals surface area contributed by atoms with Crippen molar-refractivity contribution in [1.29, 1.82) is 0 Å². The molecule has 0 aromatic carbocycles. The molecule has 0 radical (unpaired) electrons. The Bertz CT molecular complexity index is 419. The van der Waals surface area contributed by atoms with E-state index < -0.39 is 8.07 Å². The molecular formula is C10H11NSi. The molecule has 2 aliphatic heterocycles. The molecule has 0 N–H and O–H groups in total. The van der Waals surface area contributed by atoms with Gasteiger partial charge in [0.1, 0.15) is 8.07 Å². The second kappa shape index (κ2) is 1.57. The Labute approximate surface area is 73.2 Å². The SMILES string of the molecule is CC1=NC2=CC=C3C2=C1[Si]3(C)C. The average molecular weight is 173 g/mol. The van der Waals surface area contributed by atoms with Crippen LogP contribution in [0.4, 0.5) is 0 Å². The maximum absolute atomic E-state index is 4.56. The number of allylic oxidation sites excluding steroid dienone is 4. The Morgan fingerprint density at radius 3 is 2.75 bits per heavy atom. The minimum absolute atomic E-state index is 1.17. The van der Waals surface area contributed by atoms with Crippen LogP contribution in [0.1, 0.15) is 6.92 Å². The number of nitrogens with zero attached hydrogens (tertiary/aromatic N) is 1. The van der Waals surface area contributed by atoms with Crippen LogP contribution in [0.2, 0.25) is 13.1 Å². The fourth-order valence-corrected chi connectivity index (χ4v) is 5.91. The maximum Gasteiger partial charge on any atom is 0.116 e. The largest absolute Gasteiger partial charge is 0.253 e. The summed E-state index contributed by atoms with van der Waals surface area (Å²) in [7, 11) is -1.17. The molecule has 0 atom stereocenters. The van der Waals surface area contributed by atoms with Gasteiger partial charge in [-0.1, -0.05) is 19.2 Å². The molecule has 1 aliphatic carbocycles. The summed E-state index contributed by atoms with van der Waals surface area (Å²) in [4.78, 5) is 4.56. The molecule has 0 aromatic heterocycles. The third-order valence-corrected chi connectivity index (χ3v) is 6.76. The van der Waals surface area contributed by atoms with E-state index >= 15 is 0 Å². The lowest BCUT2D eigenvalue weighted by Gasteiger charge is -2.37. The Hall–Kier alpha value is -0.893. The van der Waals surface area contributed by atoms with Gasteiger partial charge in [-0.25, -0.2) is 0 Å². The van der Waals surface area contributed by atoms with E-state index in [0.29, 0.717) is 0 Å². The molecule has 0 saturated heterocycles. The molecule has 0 fully saturated rings. The number of rotatable bonds is 0. The first kappa shape index (κ1) is 6.60. The van der Waals surface area contributed by atoms with Crippen LogP contribution >= 0.6 is 0 Å². The van der Waals surface area contributed by atoms with Gasteiger partial charge in [-0.15, -0.1) is 0 Å². The van der Waals surface area contributed by atoms with Crippen molar-refractivity contribution in [2.24, 2.45) is 4.99 Å². The van der Waals surface area contributed by atoms with Gasteiger partial charge in [-0.05, 0) is 23.4 Å². The quantitative estimate of drug-likeness (QED) is 0.499. The smallest absolute Gasteiger partial charge is 0.116 e. The highest BCUT2D eigenvalue weighted by Gasteiger charge is 2.50. The highest BCUT2D eigenvalue weighted by atomic mass is 28.3. The highest BCUT2D eigenvalue weighted by molar-refractivity contribution is 6.99. The third kappa shape index (κ3) is 0.459. The van der Waals surface area contributed by atoms with Crippen LogP contribution in [0.5, 0.6) is 0 Å². The summed E-state index contributed by atoms with van der Waals surface area (Å²) in [5.74, 6) is 0.